The molecule has 0 aliphatic carbocycles. The predicted octanol–water partition coefficient (Wildman–Crippen LogP) is 4.88. The number of aromatic nitrogens is 4. The van der Waals surface area contributed by atoms with Crippen molar-refractivity contribution in [2.75, 3.05) is 35.9 Å². The number of ether oxygens (including phenoxy) is 2. The van der Waals surface area contributed by atoms with Crippen LogP contribution < -0.4 is 16.0 Å². The molecular formula is C22H29N7O3S. The van der Waals surface area contributed by atoms with Crippen molar-refractivity contribution in [3.05, 3.63) is 42.9 Å². The average Bonchev–Trinajstić information content (AvgIpc) is 3.18. The molecule has 0 saturated carbocycles. The van der Waals surface area contributed by atoms with Gasteiger partial charge in [0.05, 0.1) is 29.9 Å². The first-order valence-electron chi connectivity index (χ1n) is 10.3. The maximum absolute atomic E-state index is 12.1. The van der Waals surface area contributed by atoms with Crippen LogP contribution >= 0.6 is 11.8 Å². The van der Waals surface area contributed by atoms with Crippen molar-refractivity contribution in [2.45, 2.75) is 37.8 Å². The molecule has 3 rings (SSSR count). The van der Waals surface area contributed by atoms with E-state index < -0.39 is 11.7 Å². The van der Waals surface area contributed by atoms with Gasteiger partial charge in [0.25, 0.3) is 0 Å². The molecule has 1 aromatic carbocycles. The summed E-state index contributed by atoms with van der Waals surface area (Å²) >= 11 is 1.53. The molecule has 10 nitrogen and oxygen atoms in total. The van der Waals surface area contributed by atoms with E-state index in [1.165, 1.54) is 11.8 Å². The van der Waals surface area contributed by atoms with Gasteiger partial charge in [0.2, 0.25) is 5.95 Å². The summed E-state index contributed by atoms with van der Waals surface area (Å²) in [4.78, 5) is 22.0. The molecule has 3 aromatic rings. The first-order chi connectivity index (χ1) is 15.8. The number of nitrogens with zero attached hydrogens (tertiary/aromatic N) is 4. The van der Waals surface area contributed by atoms with Gasteiger partial charge in [0, 0.05) is 30.9 Å². The van der Waals surface area contributed by atoms with Crippen LogP contribution in [0.25, 0.3) is 0 Å². The molecule has 0 fully saturated rings. The van der Waals surface area contributed by atoms with E-state index in [0.717, 1.165) is 16.3 Å². The zero-order valence-corrected chi connectivity index (χ0v) is 20.2. The molecule has 1 amide bonds. The number of thioether (sulfide) groups is 1. The lowest BCUT2D eigenvalue weighted by molar-refractivity contribution is 0.0636. The summed E-state index contributed by atoms with van der Waals surface area (Å²) in [7, 11) is 1.65. The maximum Gasteiger partial charge on any atom is 0.412 e. The lowest BCUT2D eigenvalue weighted by atomic mass is 10.2. The van der Waals surface area contributed by atoms with Gasteiger partial charge in [0.1, 0.15) is 11.4 Å². The fourth-order valence-corrected chi connectivity index (χ4v) is 3.22. The zero-order chi connectivity index (χ0) is 23.8. The van der Waals surface area contributed by atoms with E-state index in [-0.39, 0.29) is 0 Å². The Kier molecular flexibility index (Phi) is 8.12. The van der Waals surface area contributed by atoms with E-state index >= 15 is 0 Å². The van der Waals surface area contributed by atoms with Crippen LogP contribution in [0.1, 0.15) is 20.8 Å². The number of carbonyl (C=O) groups excluding carboxylic acids is 1. The molecule has 2 heterocycles. The number of anilines is 5. The summed E-state index contributed by atoms with van der Waals surface area (Å²) in [5, 5.41) is 13.5. The molecule has 11 heteroatoms. The van der Waals surface area contributed by atoms with Crippen molar-refractivity contribution in [1.82, 2.24) is 19.7 Å². The van der Waals surface area contributed by atoms with Gasteiger partial charge in [-0.15, -0.1) is 11.8 Å². The summed E-state index contributed by atoms with van der Waals surface area (Å²) in [5.74, 6) is 1.07. The van der Waals surface area contributed by atoms with Gasteiger partial charge in [-0.25, -0.2) is 9.78 Å². The van der Waals surface area contributed by atoms with E-state index in [0.29, 0.717) is 30.6 Å². The van der Waals surface area contributed by atoms with Crippen LogP contribution in [0, 0.1) is 0 Å². The monoisotopic (exact) mass is 471 g/mol. The third kappa shape index (κ3) is 7.65. The van der Waals surface area contributed by atoms with Crippen molar-refractivity contribution < 1.29 is 14.3 Å². The van der Waals surface area contributed by atoms with Gasteiger partial charge >= 0.3 is 6.09 Å². The number of nitrogens with one attached hydrogen (secondary N) is 3. The van der Waals surface area contributed by atoms with Crippen molar-refractivity contribution in [2.24, 2.45) is 0 Å². The number of rotatable bonds is 9. The molecule has 0 saturated heterocycles. The van der Waals surface area contributed by atoms with Crippen LogP contribution in [-0.4, -0.2) is 51.4 Å². The normalized spacial score (nSPS) is 11.2. The topological polar surface area (TPSA) is 115 Å². The largest absolute Gasteiger partial charge is 0.444 e. The van der Waals surface area contributed by atoms with E-state index in [1.54, 1.807) is 30.3 Å². The number of hydrogen-bond acceptors (Lipinski definition) is 9. The van der Waals surface area contributed by atoms with Gasteiger partial charge in [-0.3, -0.25) is 10.00 Å². The van der Waals surface area contributed by atoms with E-state index in [9.17, 15) is 4.79 Å². The van der Waals surface area contributed by atoms with Gasteiger partial charge < -0.3 is 20.1 Å². The third-order valence-corrected chi connectivity index (χ3v) is 4.90. The molecule has 0 aliphatic rings. The van der Waals surface area contributed by atoms with E-state index in [4.69, 9.17) is 9.47 Å². The lowest BCUT2D eigenvalue weighted by Gasteiger charge is -2.20. The number of methoxy groups -OCH3 is 1. The Bertz CT molecular complexity index is 1080. The molecular weight excluding hydrogens is 442 g/mol. The Morgan fingerprint density at radius 3 is 2.67 bits per heavy atom. The van der Waals surface area contributed by atoms with Crippen LogP contribution in [0.15, 0.2) is 47.8 Å². The molecule has 0 bridgehead atoms. The molecule has 0 spiro atoms. The molecule has 2 aromatic heterocycles. The minimum absolute atomic E-state index is 0.435. The van der Waals surface area contributed by atoms with Crippen LogP contribution in [0.3, 0.4) is 0 Å². The lowest BCUT2D eigenvalue weighted by Crippen LogP contribution is -2.27. The number of benzene rings is 1. The predicted molar refractivity (Wildman–Crippen MR) is 131 cm³/mol. The quantitative estimate of drug-likeness (QED) is 0.376. The molecule has 0 unspecified atom stereocenters. The fourth-order valence-electron chi connectivity index (χ4n) is 2.77. The van der Waals surface area contributed by atoms with Gasteiger partial charge in [-0.2, -0.15) is 10.1 Å². The van der Waals surface area contributed by atoms with Crippen LogP contribution in [0.4, 0.5) is 33.6 Å². The summed E-state index contributed by atoms with van der Waals surface area (Å²) < 4.78 is 12.2. The van der Waals surface area contributed by atoms with Gasteiger partial charge in [-0.1, -0.05) is 6.07 Å². The summed E-state index contributed by atoms with van der Waals surface area (Å²) in [6.07, 6.45) is 6.77. The highest BCUT2D eigenvalue weighted by molar-refractivity contribution is 7.98. The van der Waals surface area contributed by atoms with Crippen LogP contribution in [-0.2, 0) is 16.0 Å². The molecule has 0 radical (unpaired) electrons. The van der Waals surface area contributed by atoms with Crippen molar-refractivity contribution >= 4 is 46.7 Å². The Morgan fingerprint density at radius 1 is 1.15 bits per heavy atom. The molecule has 0 atom stereocenters. The highest BCUT2D eigenvalue weighted by Crippen LogP contribution is 2.28. The molecule has 176 valence electrons. The van der Waals surface area contributed by atoms with E-state index in [1.807, 2.05) is 51.4 Å². The summed E-state index contributed by atoms with van der Waals surface area (Å²) in [6.45, 7) is 6.69. The standard InChI is InChI=1S/C22H29N7O3S/c1-22(2,3)32-21(30)27-16-8-6-7-15(11-16)25-19-18(33-5)13-23-20(28-19)26-17-12-24-29(14-17)9-10-31-4/h6-8,11-14H,9-10H2,1-5H3,(H,27,30)(H2,23,25,26,28). The minimum atomic E-state index is -0.572. The summed E-state index contributed by atoms with van der Waals surface area (Å²) in [5.41, 5.74) is 1.57. The van der Waals surface area contributed by atoms with Gasteiger partial charge in [-0.05, 0) is 45.2 Å². The average molecular weight is 472 g/mol. The van der Waals surface area contributed by atoms with E-state index in [2.05, 4.69) is 31.0 Å². The second kappa shape index (κ2) is 11.0. The summed E-state index contributed by atoms with van der Waals surface area (Å²) in [6, 6.07) is 7.32. The maximum atomic E-state index is 12.1. The number of amides is 1. The first kappa shape index (κ1) is 24.3. The molecule has 33 heavy (non-hydrogen) atoms. The number of hydrogen-bond donors (Lipinski definition) is 3. The zero-order valence-electron chi connectivity index (χ0n) is 19.4. The Balaban J connectivity index is 1.72. The first-order valence-corrected chi connectivity index (χ1v) is 11.5. The third-order valence-electron chi connectivity index (χ3n) is 4.16. The van der Waals surface area contributed by atoms with Gasteiger partial charge in [0.15, 0.2) is 0 Å². The minimum Gasteiger partial charge on any atom is -0.444 e. The molecule has 0 aliphatic heterocycles. The second-order valence-corrected chi connectivity index (χ2v) is 8.90. The Morgan fingerprint density at radius 2 is 1.94 bits per heavy atom. The highest BCUT2D eigenvalue weighted by atomic mass is 32.2. The SMILES string of the molecule is COCCn1cc(Nc2ncc(SC)c(Nc3cccc(NC(=O)OC(C)(C)C)c3)n2)cn1. The van der Waals surface area contributed by atoms with Crippen LogP contribution in [0.5, 0.6) is 0 Å². The highest BCUT2D eigenvalue weighted by Gasteiger charge is 2.16. The van der Waals surface area contributed by atoms with Crippen molar-refractivity contribution in [3.63, 3.8) is 0 Å². The van der Waals surface area contributed by atoms with Crippen molar-refractivity contribution in [3.8, 4) is 0 Å². The number of carbonyl (C=O) groups is 1. The fraction of sp³-hybridized carbons (Fsp3) is 0.364. The Labute approximate surface area is 197 Å². The Hall–Kier alpha value is -3.31. The smallest absolute Gasteiger partial charge is 0.412 e. The van der Waals surface area contributed by atoms with Crippen LogP contribution in [0.2, 0.25) is 0 Å². The molecule has 3 N–H and O–H groups in total. The second-order valence-electron chi connectivity index (χ2n) is 8.05. The van der Waals surface area contributed by atoms with Crippen molar-refractivity contribution in [1.29, 1.82) is 0 Å².